The summed E-state index contributed by atoms with van der Waals surface area (Å²) in [6, 6.07) is 7.47. The summed E-state index contributed by atoms with van der Waals surface area (Å²) in [6.07, 6.45) is 1.30. The van der Waals surface area contributed by atoms with Crippen molar-refractivity contribution in [1.82, 2.24) is 29.4 Å². The number of piperazine rings is 1. The van der Waals surface area contributed by atoms with Crippen LogP contribution in [0.2, 0.25) is 5.02 Å². The minimum absolute atomic E-state index is 0.0980. The molecule has 2 atom stereocenters. The van der Waals surface area contributed by atoms with Gasteiger partial charge in [-0.3, -0.25) is 4.79 Å². The molecule has 0 bridgehead atoms. The Labute approximate surface area is 260 Å². The Bertz CT molecular complexity index is 1810. The van der Waals surface area contributed by atoms with Crippen molar-refractivity contribution in [3.8, 4) is 16.9 Å². The molecule has 5 rings (SSSR count). The molecule has 0 unspecified atom stereocenters. The van der Waals surface area contributed by atoms with E-state index in [0.717, 1.165) is 0 Å². The Morgan fingerprint density at radius 2 is 1.68 bits per heavy atom. The minimum atomic E-state index is -0.608. The summed E-state index contributed by atoms with van der Waals surface area (Å²) in [4.78, 5) is 49.0. The van der Waals surface area contributed by atoms with Crippen LogP contribution in [0.5, 0.6) is 0 Å². The molecular weight excluding hydrogens is 583 g/mol. The van der Waals surface area contributed by atoms with Crippen molar-refractivity contribution in [2.24, 2.45) is 0 Å². The lowest BCUT2D eigenvalue weighted by atomic mass is 10.0. The highest BCUT2D eigenvalue weighted by Gasteiger charge is 2.34. The van der Waals surface area contributed by atoms with Crippen molar-refractivity contribution < 1.29 is 9.18 Å². The summed E-state index contributed by atoms with van der Waals surface area (Å²) < 4.78 is 16.5. The van der Waals surface area contributed by atoms with Gasteiger partial charge in [-0.15, -0.1) is 0 Å². The number of nitrogen functional groups attached to an aromatic ring is 1. The van der Waals surface area contributed by atoms with Crippen LogP contribution in [-0.2, 0) is 4.79 Å². The second-order valence-corrected chi connectivity index (χ2v) is 12.2. The Morgan fingerprint density at radius 1 is 1.05 bits per heavy atom. The summed E-state index contributed by atoms with van der Waals surface area (Å²) in [5.74, 6) is -0.470. The lowest BCUT2D eigenvalue weighted by Gasteiger charge is -2.44. The molecule has 10 nitrogen and oxygen atoms in total. The summed E-state index contributed by atoms with van der Waals surface area (Å²) in [7, 11) is 0. The molecule has 1 aliphatic heterocycles. The molecule has 1 aliphatic rings. The van der Waals surface area contributed by atoms with E-state index in [9.17, 15) is 9.59 Å². The van der Waals surface area contributed by atoms with Gasteiger partial charge in [-0.2, -0.15) is 4.98 Å². The number of fused-ring (bicyclic) bond motifs is 1. The number of halogens is 2. The van der Waals surface area contributed by atoms with Gasteiger partial charge in [0.2, 0.25) is 11.9 Å². The SMILES string of the molecule is C=CC(=O)N1C[C@H](C)N(c2nc(=O)n(-c3c(C(C)C)nc(N)nc3C(C)C)c3nc(-c4ccccc4F)c(Cl)cc23)C[C@H]1C. The molecule has 3 aromatic heterocycles. The molecule has 230 valence electrons. The smallest absolute Gasteiger partial charge is 0.355 e. The molecular formula is C32H36ClFN8O2. The minimum Gasteiger partial charge on any atom is -0.368 e. The Balaban J connectivity index is 1.87. The fraction of sp³-hybridized carbons (Fsp3) is 0.375. The number of hydrogen-bond acceptors (Lipinski definition) is 8. The normalized spacial score (nSPS) is 17.1. The maximum absolute atomic E-state index is 15.1. The van der Waals surface area contributed by atoms with Crippen molar-refractivity contribution in [1.29, 1.82) is 0 Å². The molecule has 0 spiro atoms. The van der Waals surface area contributed by atoms with Crippen LogP contribution in [0.1, 0.15) is 64.8 Å². The summed E-state index contributed by atoms with van der Waals surface area (Å²) in [5, 5.41) is 0.678. The first-order chi connectivity index (χ1) is 20.8. The largest absolute Gasteiger partial charge is 0.368 e. The number of aromatic nitrogens is 5. The lowest BCUT2D eigenvalue weighted by molar-refractivity contribution is -0.128. The summed E-state index contributed by atoms with van der Waals surface area (Å²) in [5.41, 5.74) is 7.67. The van der Waals surface area contributed by atoms with Gasteiger partial charge in [-0.1, -0.05) is 58.0 Å². The Morgan fingerprint density at radius 3 is 2.27 bits per heavy atom. The highest BCUT2D eigenvalue weighted by Crippen LogP contribution is 2.37. The van der Waals surface area contributed by atoms with Crippen molar-refractivity contribution >= 4 is 40.3 Å². The molecule has 4 heterocycles. The van der Waals surface area contributed by atoms with E-state index >= 15 is 4.39 Å². The van der Waals surface area contributed by atoms with Crippen molar-refractivity contribution in [2.45, 2.75) is 65.5 Å². The summed E-state index contributed by atoms with van der Waals surface area (Å²) in [6.45, 7) is 16.1. The van der Waals surface area contributed by atoms with Gasteiger partial charge in [-0.25, -0.2) is 28.7 Å². The monoisotopic (exact) mass is 618 g/mol. The molecule has 44 heavy (non-hydrogen) atoms. The number of benzene rings is 1. The van der Waals surface area contributed by atoms with Gasteiger partial charge >= 0.3 is 5.69 Å². The first kappa shape index (κ1) is 31.1. The van der Waals surface area contributed by atoms with E-state index in [1.807, 2.05) is 46.4 Å². The van der Waals surface area contributed by atoms with Crippen LogP contribution in [0.3, 0.4) is 0 Å². The van der Waals surface area contributed by atoms with E-state index in [-0.39, 0.29) is 57.7 Å². The van der Waals surface area contributed by atoms with Crippen molar-refractivity contribution in [3.63, 3.8) is 0 Å². The van der Waals surface area contributed by atoms with Crippen LogP contribution < -0.4 is 16.3 Å². The standard InChI is InChI=1S/C32H36ClFN8O2/c1-8-24(43)40-14-19(7)41(15-18(40)6)29-21-13-22(33)27(20-11-9-10-12-23(20)34)36-30(21)42(32(44)39-29)28-25(16(2)3)37-31(35)38-26(28)17(4)5/h8-13,16-19H,1,14-15H2,2-7H3,(H2,35,37,38)/t18-,19+/m1/s1. The third-order valence-corrected chi connectivity index (χ3v) is 8.21. The first-order valence-electron chi connectivity index (χ1n) is 14.6. The molecule has 0 saturated carbocycles. The van der Waals surface area contributed by atoms with Crippen LogP contribution in [0.15, 0.2) is 47.8 Å². The molecule has 1 aromatic carbocycles. The number of anilines is 2. The second kappa shape index (κ2) is 12.0. The predicted molar refractivity (Wildman–Crippen MR) is 172 cm³/mol. The number of nitrogens with two attached hydrogens (primary N) is 1. The molecule has 1 saturated heterocycles. The maximum atomic E-state index is 15.1. The van der Waals surface area contributed by atoms with Crippen LogP contribution in [0.25, 0.3) is 28.0 Å². The fourth-order valence-corrected chi connectivity index (χ4v) is 6.01. The number of rotatable bonds is 6. The quantitative estimate of drug-likeness (QED) is 0.282. The number of carbonyl (C=O) groups is 1. The molecule has 1 amide bonds. The van der Waals surface area contributed by atoms with Gasteiger partial charge in [0.15, 0.2) is 5.65 Å². The third-order valence-electron chi connectivity index (χ3n) is 7.92. The van der Waals surface area contributed by atoms with Gasteiger partial charge in [0.1, 0.15) is 11.6 Å². The van der Waals surface area contributed by atoms with E-state index in [1.54, 1.807) is 29.2 Å². The molecule has 12 heteroatoms. The lowest BCUT2D eigenvalue weighted by Crippen LogP contribution is -2.58. The van der Waals surface area contributed by atoms with Crippen LogP contribution in [0.4, 0.5) is 16.2 Å². The van der Waals surface area contributed by atoms with E-state index in [4.69, 9.17) is 22.3 Å². The molecule has 0 aliphatic carbocycles. The van der Waals surface area contributed by atoms with Crippen LogP contribution in [-0.4, -0.2) is 60.5 Å². The number of carbonyl (C=O) groups excluding carboxylic acids is 1. The van der Waals surface area contributed by atoms with Crippen LogP contribution >= 0.6 is 11.6 Å². The van der Waals surface area contributed by atoms with Gasteiger partial charge in [0, 0.05) is 30.7 Å². The van der Waals surface area contributed by atoms with Gasteiger partial charge < -0.3 is 15.5 Å². The molecule has 2 N–H and O–H groups in total. The van der Waals surface area contributed by atoms with Crippen molar-refractivity contribution in [2.75, 3.05) is 23.7 Å². The molecule has 4 aromatic rings. The number of nitrogens with zero attached hydrogens (tertiary/aromatic N) is 7. The van der Waals surface area contributed by atoms with E-state index < -0.39 is 11.5 Å². The second-order valence-electron chi connectivity index (χ2n) is 11.8. The fourth-order valence-electron chi connectivity index (χ4n) is 5.76. The number of amides is 1. The maximum Gasteiger partial charge on any atom is 0.355 e. The Kier molecular flexibility index (Phi) is 8.44. The number of hydrogen-bond donors (Lipinski definition) is 1. The van der Waals surface area contributed by atoms with Crippen molar-refractivity contribution in [3.05, 3.63) is 75.7 Å². The van der Waals surface area contributed by atoms with Gasteiger partial charge in [0.05, 0.1) is 33.2 Å². The number of pyridine rings is 1. The van der Waals surface area contributed by atoms with Gasteiger partial charge in [-0.05, 0) is 50.0 Å². The molecule has 0 radical (unpaired) electrons. The van der Waals surface area contributed by atoms with Crippen LogP contribution in [0, 0.1) is 5.82 Å². The average molecular weight is 619 g/mol. The highest BCUT2D eigenvalue weighted by atomic mass is 35.5. The molecule has 1 fully saturated rings. The predicted octanol–water partition coefficient (Wildman–Crippen LogP) is 5.47. The highest BCUT2D eigenvalue weighted by molar-refractivity contribution is 6.33. The first-order valence-corrected chi connectivity index (χ1v) is 15.0. The average Bonchev–Trinajstić information content (AvgIpc) is 2.97. The zero-order valence-electron chi connectivity index (χ0n) is 25.7. The zero-order chi connectivity index (χ0) is 32.0. The van der Waals surface area contributed by atoms with E-state index in [0.29, 0.717) is 41.4 Å². The topological polar surface area (TPSA) is 123 Å². The van der Waals surface area contributed by atoms with Gasteiger partial charge in [0.25, 0.3) is 0 Å². The van der Waals surface area contributed by atoms with E-state index in [1.165, 1.54) is 16.7 Å². The third kappa shape index (κ3) is 5.40. The summed E-state index contributed by atoms with van der Waals surface area (Å²) >= 11 is 6.82. The van der Waals surface area contributed by atoms with E-state index in [2.05, 4.69) is 21.5 Å². The Hall–Kier alpha value is -4.38. The zero-order valence-corrected chi connectivity index (χ0v) is 26.4.